The standard InChI is InChI=1S/C9H14Cl2F4N2O2/c1-18-5-3-16-7(10,12)8(11,13)17(4-6-19-2)9(16,14)15/h3-6H2,1-2H3. The van der Waals surface area contributed by atoms with Crippen molar-refractivity contribution in [3.8, 4) is 0 Å². The van der Waals surface area contributed by atoms with Gasteiger partial charge in [-0.2, -0.15) is 18.6 Å². The molecule has 0 bridgehead atoms. The van der Waals surface area contributed by atoms with E-state index in [9.17, 15) is 17.6 Å². The molecule has 114 valence electrons. The summed E-state index contributed by atoms with van der Waals surface area (Å²) >= 11 is 10.5. The topological polar surface area (TPSA) is 24.9 Å². The van der Waals surface area contributed by atoms with Crippen molar-refractivity contribution in [1.82, 2.24) is 9.80 Å². The average molecular weight is 329 g/mol. The van der Waals surface area contributed by atoms with Crippen LogP contribution in [0, 0.1) is 0 Å². The Kier molecular flexibility index (Phi) is 5.31. The van der Waals surface area contributed by atoms with E-state index in [2.05, 4.69) is 9.47 Å². The molecular formula is C9H14Cl2F4N2O2. The average Bonchev–Trinajstić information content (AvgIpc) is 2.37. The second-order valence-corrected chi connectivity index (χ2v) is 4.88. The van der Waals surface area contributed by atoms with Crippen molar-refractivity contribution >= 4 is 23.2 Å². The van der Waals surface area contributed by atoms with E-state index < -0.39 is 29.8 Å². The first-order valence-electron chi connectivity index (χ1n) is 5.30. The minimum Gasteiger partial charge on any atom is -0.383 e. The molecule has 0 spiro atoms. The van der Waals surface area contributed by atoms with E-state index >= 15 is 0 Å². The van der Waals surface area contributed by atoms with Crippen molar-refractivity contribution in [3.05, 3.63) is 0 Å². The molecule has 1 fully saturated rings. The summed E-state index contributed by atoms with van der Waals surface area (Å²) < 4.78 is 65.4. The molecule has 0 aromatic rings. The minimum atomic E-state index is -4.01. The van der Waals surface area contributed by atoms with Crippen LogP contribution in [0.2, 0.25) is 0 Å². The lowest BCUT2D eigenvalue weighted by Gasteiger charge is -2.29. The SMILES string of the molecule is COCCN1C(F)(F)N(CCOC)C(F)(Cl)C1(F)Cl. The molecule has 0 aliphatic carbocycles. The Labute approximate surface area is 118 Å². The van der Waals surface area contributed by atoms with Gasteiger partial charge in [-0.05, 0) is 0 Å². The first-order chi connectivity index (χ1) is 8.64. The fraction of sp³-hybridized carbons (Fsp3) is 1.00. The number of hydrogen-bond donors (Lipinski definition) is 0. The maximum absolute atomic E-state index is 14.1. The van der Waals surface area contributed by atoms with Crippen molar-refractivity contribution in [2.45, 2.75) is 16.7 Å². The van der Waals surface area contributed by atoms with Crippen LogP contribution in [0.5, 0.6) is 0 Å². The lowest BCUT2D eigenvalue weighted by atomic mass is 10.4. The Morgan fingerprint density at radius 1 is 0.842 bits per heavy atom. The van der Waals surface area contributed by atoms with Crippen molar-refractivity contribution in [3.63, 3.8) is 0 Å². The maximum Gasteiger partial charge on any atom is 0.376 e. The van der Waals surface area contributed by atoms with Gasteiger partial charge in [-0.1, -0.05) is 23.2 Å². The number of ether oxygens (including phenoxy) is 2. The molecular weight excluding hydrogens is 315 g/mol. The predicted molar refractivity (Wildman–Crippen MR) is 61.5 cm³/mol. The zero-order valence-corrected chi connectivity index (χ0v) is 11.8. The van der Waals surface area contributed by atoms with Crippen LogP contribution in [0.15, 0.2) is 0 Å². The molecule has 0 aromatic heterocycles. The Hall–Kier alpha value is 0.140. The van der Waals surface area contributed by atoms with E-state index in [-0.39, 0.29) is 23.0 Å². The fourth-order valence-electron chi connectivity index (χ4n) is 1.72. The van der Waals surface area contributed by atoms with Crippen LogP contribution in [-0.2, 0) is 9.47 Å². The smallest absolute Gasteiger partial charge is 0.376 e. The summed E-state index contributed by atoms with van der Waals surface area (Å²) in [4.78, 5) is -0.374. The molecule has 1 rings (SSSR count). The van der Waals surface area contributed by atoms with Gasteiger partial charge in [-0.25, -0.2) is 8.78 Å². The normalized spacial score (nSPS) is 36.0. The summed E-state index contributed by atoms with van der Waals surface area (Å²) in [6, 6.07) is 0. The van der Waals surface area contributed by atoms with Crippen LogP contribution < -0.4 is 0 Å². The lowest BCUT2D eigenvalue weighted by Crippen LogP contribution is -2.50. The number of methoxy groups -OCH3 is 2. The molecule has 0 aromatic carbocycles. The second-order valence-electron chi connectivity index (χ2n) is 3.88. The highest BCUT2D eigenvalue weighted by molar-refractivity contribution is 6.33. The number of alkyl halides is 6. The van der Waals surface area contributed by atoms with Gasteiger partial charge >= 0.3 is 16.7 Å². The number of hydrogen-bond acceptors (Lipinski definition) is 4. The van der Waals surface area contributed by atoms with Gasteiger partial charge in [0.05, 0.1) is 13.2 Å². The van der Waals surface area contributed by atoms with Crippen LogP contribution in [0.4, 0.5) is 17.6 Å². The van der Waals surface area contributed by atoms with E-state index in [1.807, 2.05) is 0 Å². The molecule has 4 nitrogen and oxygen atoms in total. The Bertz CT molecular complexity index is 293. The molecule has 2 unspecified atom stereocenters. The summed E-state index contributed by atoms with van der Waals surface area (Å²) in [5.41, 5.74) is 0. The van der Waals surface area contributed by atoms with Crippen LogP contribution in [0.3, 0.4) is 0 Å². The van der Waals surface area contributed by atoms with Crippen molar-refractivity contribution in [2.24, 2.45) is 0 Å². The minimum absolute atomic E-state index is 0.187. The first-order valence-corrected chi connectivity index (χ1v) is 6.06. The molecule has 0 saturated carbocycles. The van der Waals surface area contributed by atoms with Gasteiger partial charge in [0.1, 0.15) is 0 Å². The van der Waals surface area contributed by atoms with Crippen molar-refractivity contribution in [1.29, 1.82) is 0 Å². The van der Waals surface area contributed by atoms with E-state index in [1.54, 1.807) is 0 Å². The summed E-state index contributed by atoms with van der Waals surface area (Å²) in [5, 5.41) is -7.19. The van der Waals surface area contributed by atoms with Crippen molar-refractivity contribution < 1.29 is 27.0 Å². The number of nitrogens with zero attached hydrogens (tertiary/aromatic N) is 2. The summed E-state index contributed by atoms with van der Waals surface area (Å²) in [6.07, 6.45) is -4.01. The van der Waals surface area contributed by atoms with E-state index in [1.165, 1.54) is 14.2 Å². The van der Waals surface area contributed by atoms with E-state index in [0.717, 1.165) is 0 Å². The van der Waals surface area contributed by atoms with Gasteiger partial charge in [-0.15, -0.1) is 0 Å². The van der Waals surface area contributed by atoms with Gasteiger partial charge in [0.25, 0.3) is 0 Å². The van der Waals surface area contributed by atoms with Gasteiger partial charge in [0, 0.05) is 27.3 Å². The number of rotatable bonds is 6. The largest absolute Gasteiger partial charge is 0.383 e. The van der Waals surface area contributed by atoms with E-state index in [0.29, 0.717) is 0 Å². The molecule has 1 aliphatic rings. The first kappa shape index (κ1) is 17.2. The van der Waals surface area contributed by atoms with E-state index in [4.69, 9.17) is 23.2 Å². The summed E-state index contributed by atoms with van der Waals surface area (Å²) in [5.74, 6) is 0. The third kappa shape index (κ3) is 2.79. The maximum atomic E-state index is 14.1. The fourth-order valence-corrected chi connectivity index (χ4v) is 2.30. The highest BCUT2D eigenvalue weighted by atomic mass is 35.5. The zero-order chi connectivity index (χ0) is 14.9. The zero-order valence-electron chi connectivity index (χ0n) is 10.3. The van der Waals surface area contributed by atoms with Crippen LogP contribution in [0.1, 0.15) is 0 Å². The highest BCUT2D eigenvalue weighted by Gasteiger charge is 2.77. The quantitative estimate of drug-likeness (QED) is 0.424. The molecule has 0 N–H and O–H groups in total. The highest BCUT2D eigenvalue weighted by Crippen LogP contribution is 2.56. The number of halogens is 6. The molecule has 19 heavy (non-hydrogen) atoms. The molecule has 0 radical (unpaired) electrons. The van der Waals surface area contributed by atoms with Gasteiger partial charge in [0.15, 0.2) is 0 Å². The van der Waals surface area contributed by atoms with Gasteiger partial charge in [0.2, 0.25) is 0 Å². The predicted octanol–water partition coefficient (Wildman–Crippen LogP) is 2.17. The molecule has 1 heterocycles. The molecule has 0 amide bonds. The Morgan fingerprint density at radius 3 is 1.42 bits per heavy atom. The third-order valence-electron chi connectivity index (χ3n) is 2.73. The monoisotopic (exact) mass is 328 g/mol. The third-order valence-corrected chi connectivity index (χ3v) is 3.73. The van der Waals surface area contributed by atoms with Gasteiger partial charge < -0.3 is 9.47 Å². The Balaban J connectivity index is 3.06. The second kappa shape index (κ2) is 5.87. The van der Waals surface area contributed by atoms with Crippen LogP contribution in [0.25, 0.3) is 0 Å². The lowest BCUT2D eigenvalue weighted by molar-refractivity contribution is -0.236. The van der Waals surface area contributed by atoms with Crippen molar-refractivity contribution in [2.75, 3.05) is 40.5 Å². The summed E-state index contributed by atoms with van der Waals surface area (Å²) in [7, 11) is 2.46. The van der Waals surface area contributed by atoms with Crippen LogP contribution in [-0.4, -0.2) is 67.0 Å². The molecule has 2 atom stereocenters. The molecule has 10 heteroatoms. The van der Waals surface area contributed by atoms with Crippen LogP contribution >= 0.6 is 23.2 Å². The summed E-state index contributed by atoms with van der Waals surface area (Å²) in [6.45, 7) is -1.80. The molecule has 1 saturated heterocycles. The molecule has 1 aliphatic heterocycles. The Morgan fingerprint density at radius 2 is 1.16 bits per heavy atom. The van der Waals surface area contributed by atoms with Gasteiger partial charge in [-0.3, -0.25) is 0 Å².